The average Bonchev–Trinajstić information content (AvgIpc) is 2.52. The number of aromatic amines is 1. The summed E-state index contributed by atoms with van der Waals surface area (Å²) in [5.41, 5.74) is -1.11. The Kier molecular flexibility index (Phi) is 3.42. The van der Waals surface area contributed by atoms with Crippen molar-refractivity contribution in [1.82, 2.24) is 9.55 Å². The fourth-order valence-electron chi connectivity index (χ4n) is 2.54. The van der Waals surface area contributed by atoms with E-state index in [0.29, 0.717) is 16.5 Å². The van der Waals surface area contributed by atoms with Gasteiger partial charge >= 0.3 is 5.69 Å². The molecule has 0 amide bonds. The smallest absolute Gasteiger partial charge is 0.328 e. The highest BCUT2D eigenvalue weighted by atomic mass is 16.3. The summed E-state index contributed by atoms with van der Waals surface area (Å²) in [4.78, 5) is 27.3. The molecule has 3 rings (SSSR count). The van der Waals surface area contributed by atoms with Gasteiger partial charge in [0.15, 0.2) is 0 Å². The molecular formula is C17H16N2O3. The van der Waals surface area contributed by atoms with Crippen molar-refractivity contribution in [3.05, 3.63) is 81.0 Å². The molecule has 0 radical (unpaired) electrons. The van der Waals surface area contributed by atoms with Crippen molar-refractivity contribution < 1.29 is 5.11 Å². The SMILES string of the molecule is CC(O)(Cn1c(=O)[nH]c2ccccc2c1=O)c1ccccc1. The van der Waals surface area contributed by atoms with Gasteiger partial charge in [-0.05, 0) is 24.6 Å². The lowest BCUT2D eigenvalue weighted by Gasteiger charge is -2.24. The van der Waals surface area contributed by atoms with E-state index in [4.69, 9.17) is 0 Å². The maximum Gasteiger partial charge on any atom is 0.328 e. The van der Waals surface area contributed by atoms with Crippen LogP contribution in [0.3, 0.4) is 0 Å². The molecule has 0 aliphatic carbocycles. The Morgan fingerprint density at radius 3 is 2.41 bits per heavy atom. The van der Waals surface area contributed by atoms with Crippen LogP contribution in [0, 0.1) is 0 Å². The molecule has 5 nitrogen and oxygen atoms in total. The zero-order valence-corrected chi connectivity index (χ0v) is 12.1. The summed E-state index contributed by atoms with van der Waals surface area (Å²) in [6.45, 7) is 1.47. The number of fused-ring (bicyclic) bond motifs is 1. The Bertz CT molecular complexity index is 924. The summed E-state index contributed by atoms with van der Waals surface area (Å²) in [5.74, 6) is 0. The van der Waals surface area contributed by atoms with Gasteiger partial charge in [0, 0.05) is 0 Å². The molecule has 22 heavy (non-hydrogen) atoms. The average molecular weight is 296 g/mol. The van der Waals surface area contributed by atoms with Crippen molar-refractivity contribution in [1.29, 1.82) is 0 Å². The Labute approximate surface area is 126 Å². The normalized spacial score (nSPS) is 13.9. The molecule has 0 saturated heterocycles. The molecule has 1 atom stereocenters. The minimum atomic E-state index is -1.32. The molecule has 0 aliphatic heterocycles. The number of hydrogen-bond acceptors (Lipinski definition) is 3. The largest absolute Gasteiger partial charge is 0.384 e. The predicted octanol–water partition coefficient (Wildman–Crippen LogP) is 1.60. The molecule has 0 bridgehead atoms. The van der Waals surface area contributed by atoms with Gasteiger partial charge in [-0.2, -0.15) is 0 Å². The number of nitrogens with one attached hydrogen (secondary N) is 1. The fourth-order valence-corrected chi connectivity index (χ4v) is 2.54. The highest BCUT2D eigenvalue weighted by molar-refractivity contribution is 5.76. The van der Waals surface area contributed by atoms with Gasteiger partial charge in [0.1, 0.15) is 5.60 Å². The summed E-state index contributed by atoms with van der Waals surface area (Å²) in [5, 5.41) is 11.1. The molecule has 1 aromatic heterocycles. The molecule has 0 spiro atoms. The molecule has 3 aromatic rings. The minimum Gasteiger partial charge on any atom is -0.384 e. The van der Waals surface area contributed by atoms with E-state index in [1.54, 1.807) is 55.5 Å². The first-order chi connectivity index (χ1) is 10.5. The van der Waals surface area contributed by atoms with Gasteiger partial charge in [-0.15, -0.1) is 0 Å². The van der Waals surface area contributed by atoms with E-state index in [2.05, 4.69) is 4.98 Å². The van der Waals surface area contributed by atoms with Crippen molar-refractivity contribution in [3.63, 3.8) is 0 Å². The first-order valence-corrected chi connectivity index (χ1v) is 6.99. The second-order valence-electron chi connectivity index (χ2n) is 5.51. The van der Waals surface area contributed by atoms with Crippen molar-refractivity contribution in [3.8, 4) is 0 Å². The van der Waals surface area contributed by atoms with E-state index in [-0.39, 0.29) is 6.54 Å². The molecule has 112 valence electrons. The molecule has 0 aliphatic rings. The first kappa shape index (κ1) is 14.3. The molecule has 0 fully saturated rings. The van der Waals surface area contributed by atoms with Crippen LogP contribution in [0.15, 0.2) is 64.2 Å². The molecule has 2 N–H and O–H groups in total. The minimum absolute atomic E-state index is 0.115. The van der Waals surface area contributed by atoms with Gasteiger partial charge in [-0.1, -0.05) is 42.5 Å². The van der Waals surface area contributed by atoms with Gasteiger partial charge in [0.2, 0.25) is 0 Å². The lowest BCUT2D eigenvalue weighted by molar-refractivity contribution is 0.0361. The topological polar surface area (TPSA) is 75.1 Å². The van der Waals surface area contributed by atoms with Crippen LogP contribution >= 0.6 is 0 Å². The van der Waals surface area contributed by atoms with E-state index in [1.807, 2.05) is 6.07 Å². The van der Waals surface area contributed by atoms with E-state index in [0.717, 1.165) is 4.57 Å². The highest BCUT2D eigenvalue weighted by Crippen LogP contribution is 2.21. The molecule has 1 unspecified atom stereocenters. The third-order valence-electron chi connectivity index (χ3n) is 3.75. The van der Waals surface area contributed by atoms with Gasteiger partial charge < -0.3 is 10.1 Å². The standard InChI is InChI=1S/C17H16N2O3/c1-17(22,12-7-3-2-4-8-12)11-19-15(20)13-9-5-6-10-14(13)18-16(19)21/h2-10,22H,11H2,1H3,(H,18,21). The first-order valence-electron chi connectivity index (χ1n) is 6.99. The van der Waals surface area contributed by atoms with Crippen molar-refractivity contribution in [2.24, 2.45) is 0 Å². The van der Waals surface area contributed by atoms with Crippen LogP contribution in [0.1, 0.15) is 12.5 Å². The number of para-hydroxylation sites is 1. The summed E-state index contributed by atoms with van der Waals surface area (Å²) < 4.78 is 1.04. The Morgan fingerprint density at radius 2 is 1.68 bits per heavy atom. The second-order valence-corrected chi connectivity index (χ2v) is 5.51. The zero-order chi connectivity index (χ0) is 15.7. The Morgan fingerprint density at radius 1 is 1.05 bits per heavy atom. The number of aliphatic hydroxyl groups is 1. The molecule has 5 heteroatoms. The maximum atomic E-state index is 12.5. The summed E-state index contributed by atoms with van der Waals surface area (Å²) in [6.07, 6.45) is 0. The maximum absolute atomic E-state index is 12.5. The van der Waals surface area contributed by atoms with Gasteiger partial charge in [-0.25, -0.2) is 4.79 Å². The molecule has 1 heterocycles. The van der Waals surface area contributed by atoms with E-state index in [9.17, 15) is 14.7 Å². The van der Waals surface area contributed by atoms with Crippen LogP contribution in [-0.2, 0) is 12.1 Å². The lowest BCUT2D eigenvalue weighted by Crippen LogP contribution is -2.41. The van der Waals surface area contributed by atoms with Crippen molar-refractivity contribution >= 4 is 10.9 Å². The third kappa shape index (κ3) is 2.46. The molecule has 0 saturated carbocycles. The Balaban J connectivity index is 2.12. The quantitative estimate of drug-likeness (QED) is 0.771. The van der Waals surface area contributed by atoms with Gasteiger partial charge in [-0.3, -0.25) is 9.36 Å². The lowest BCUT2D eigenvalue weighted by atomic mass is 9.96. The number of H-pyrrole nitrogens is 1. The van der Waals surface area contributed by atoms with Crippen molar-refractivity contribution in [2.75, 3.05) is 0 Å². The number of nitrogens with zero attached hydrogens (tertiary/aromatic N) is 1. The zero-order valence-electron chi connectivity index (χ0n) is 12.1. The summed E-state index contributed by atoms with van der Waals surface area (Å²) in [7, 11) is 0. The number of aromatic nitrogens is 2. The van der Waals surface area contributed by atoms with Gasteiger partial charge in [0.25, 0.3) is 5.56 Å². The monoisotopic (exact) mass is 296 g/mol. The van der Waals surface area contributed by atoms with Gasteiger partial charge in [0.05, 0.1) is 17.4 Å². The third-order valence-corrected chi connectivity index (χ3v) is 3.75. The van der Waals surface area contributed by atoms with Crippen LogP contribution < -0.4 is 11.2 Å². The number of rotatable bonds is 3. The van der Waals surface area contributed by atoms with E-state index < -0.39 is 16.9 Å². The van der Waals surface area contributed by atoms with E-state index >= 15 is 0 Å². The van der Waals surface area contributed by atoms with E-state index in [1.165, 1.54) is 0 Å². The molecular weight excluding hydrogens is 280 g/mol. The summed E-state index contributed by atoms with van der Waals surface area (Å²) in [6, 6.07) is 15.8. The highest BCUT2D eigenvalue weighted by Gasteiger charge is 2.25. The van der Waals surface area contributed by atoms with Crippen LogP contribution in [0.5, 0.6) is 0 Å². The second kappa shape index (κ2) is 5.27. The van der Waals surface area contributed by atoms with Crippen LogP contribution in [0.2, 0.25) is 0 Å². The van der Waals surface area contributed by atoms with Crippen LogP contribution in [-0.4, -0.2) is 14.7 Å². The predicted molar refractivity (Wildman–Crippen MR) is 84.8 cm³/mol. The van der Waals surface area contributed by atoms with Crippen LogP contribution in [0.25, 0.3) is 10.9 Å². The Hall–Kier alpha value is -2.66. The number of benzene rings is 2. The van der Waals surface area contributed by atoms with Crippen molar-refractivity contribution in [2.45, 2.75) is 19.1 Å². The fraction of sp³-hybridized carbons (Fsp3) is 0.176. The molecule has 2 aromatic carbocycles. The van der Waals surface area contributed by atoms with Crippen LogP contribution in [0.4, 0.5) is 0 Å². The summed E-state index contributed by atoms with van der Waals surface area (Å²) >= 11 is 0. The number of hydrogen-bond donors (Lipinski definition) is 2.